The smallest absolute Gasteiger partial charge is 0.320 e. The Balaban J connectivity index is 2.26. The Labute approximate surface area is 81.9 Å². The van der Waals surface area contributed by atoms with Gasteiger partial charge in [0.1, 0.15) is 6.61 Å². The molecule has 0 radical (unpaired) electrons. The van der Waals surface area contributed by atoms with Gasteiger partial charge < -0.3 is 10.1 Å². The van der Waals surface area contributed by atoms with Crippen molar-refractivity contribution in [3.8, 4) is 0 Å². The quantitative estimate of drug-likeness (QED) is 0.704. The molecule has 0 saturated heterocycles. The van der Waals surface area contributed by atoms with Gasteiger partial charge in [0.05, 0.1) is 6.54 Å². The fraction of sp³-hybridized carbons (Fsp3) is 0.300. The molecule has 0 aromatic heterocycles. The first-order valence-corrected chi connectivity index (χ1v) is 3.92. The van der Waals surface area contributed by atoms with Crippen LogP contribution in [0.4, 0.5) is 0 Å². The van der Waals surface area contributed by atoms with Crippen LogP contribution in [0.15, 0.2) is 30.3 Å². The van der Waals surface area contributed by atoms with Crippen molar-refractivity contribution >= 4 is 5.97 Å². The van der Waals surface area contributed by atoms with Crippen LogP contribution in [0, 0.1) is 0 Å². The van der Waals surface area contributed by atoms with Gasteiger partial charge in [0.25, 0.3) is 0 Å². The van der Waals surface area contributed by atoms with Gasteiger partial charge in [-0.15, -0.1) is 0 Å². The second-order valence-corrected chi connectivity index (χ2v) is 2.50. The van der Waals surface area contributed by atoms with E-state index in [0.29, 0.717) is 0 Å². The van der Waals surface area contributed by atoms with Gasteiger partial charge in [-0.2, -0.15) is 0 Å². The summed E-state index contributed by atoms with van der Waals surface area (Å²) in [4.78, 5) is 11.1. The molecule has 3 heteroatoms. The van der Waals surface area contributed by atoms with Crippen LogP contribution in [0.25, 0.3) is 0 Å². The van der Waals surface area contributed by atoms with Crippen molar-refractivity contribution in [1.29, 1.82) is 0 Å². The number of rotatable bonds is 4. The van der Waals surface area contributed by atoms with E-state index in [0.717, 1.165) is 5.56 Å². The second-order valence-electron chi connectivity index (χ2n) is 2.50. The zero-order valence-corrected chi connectivity index (χ0v) is 7.12. The highest BCUT2D eigenvalue weighted by atomic mass is 16.5. The molecule has 0 aliphatic heterocycles. The van der Waals surface area contributed by atoms with Crippen LogP contribution in [-0.2, 0) is 16.1 Å². The van der Waals surface area contributed by atoms with Gasteiger partial charge >= 0.3 is 5.97 Å². The van der Waals surface area contributed by atoms with Crippen molar-refractivity contribution in [3.05, 3.63) is 35.9 Å². The molecule has 1 N–H and O–H groups in total. The van der Waals surface area contributed by atoms with E-state index in [4.69, 9.17) is 8.85 Å². The zero-order valence-electron chi connectivity index (χ0n) is 10.1. The number of hydrogen-bond acceptors (Lipinski definition) is 3. The number of nitrogens with one attached hydrogen (secondary N) is 1. The maximum Gasteiger partial charge on any atom is 0.320 e. The van der Waals surface area contributed by atoms with Crippen molar-refractivity contribution in [3.63, 3.8) is 0 Å². The maximum atomic E-state index is 11.1. The lowest BCUT2D eigenvalue weighted by atomic mass is 10.2. The lowest BCUT2D eigenvalue weighted by Gasteiger charge is -2.03. The monoisotopic (exact) mass is 182 g/mol. The Bertz CT molecular complexity index is 338. The molecule has 0 saturated carbocycles. The number of ether oxygens (including phenoxy) is 1. The molecule has 70 valence electrons. The van der Waals surface area contributed by atoms with Crippen molar-refractivity contribution < 1.29 is 13.6 Å². The van der Waals surface area contributed by atoms with Gasteiger partial charge in [0, 0.05) is 4.11 Å². The summed E-state index contributed by atoms with van der Waals surface area (Å²) in [6.45, 7) is -2.47. The van der Waals surface area contributed by atoms with Gasteiger partial charge in [-0.1, -0.05) is 30.3 Å². The molecule has 1 aromatic rings. The first-order valence-electron chi connectivity index (χ1n) is 5.42. The minimum Gasteiger partial charge on any atom is -0.460 e. The number of carbonyl (C=O) groups excluding carboxylic acids is 1. The fourth-order valence-electron chi connectivity index (χ4n) is 0.861. The van der Waals surface area contributed by atoms with Crippen molar-refractivity contribution in [1.82, 2.24) is 5.32 Å². The second kappa shape index (κ2) is 5.32. The summed E-state index contributed by atoms with van der Waals surface area (Å²) in [7, 11) is 0. The Hall–Kier alpha value is -1.35. The molecule has 1 rings (SSSR count). The Morgan fingerprint density at radius 3 is 3.00 bits per heavy atom. The van der Waals surface area contributed by atoms with Crippen LogP contribution in [0.2, 0.25) is 0 Å². The fourth-order valence-corrected chi connectivity index (χ4v) is 0.861. The highest BCUT2D eigenvalue weighted by Crippen LogP contribution is 1.99. The van der Waals surface area contributed by atoms with E-state index in [2.05, 4.69) is 5.32 Å². The van der Waals surface area contributed by atoms with Gasteiger partial charge in [0.2, 0.25) is 0 Å². The Morgan fingerprint density at radius 2 is 2.31 bits per heavy atom. The molecule has 0 fully saturated rings. The summed E-state index contributed by atoms with van der Waals surface area (Å²) in [5.74, 6) is -0.583. The third-order valence-electron chi connectivity index (χ3n) is 1.48. The summed E-state index contributed by atoms with van der Waals surface area (Å²) >= 11 is 0. The molecule has 0 amide bonds. The average Bonchev–Trinajstić information content (AvgIpc) is 2.24. The molecule has 0 heterocycles. The number of esters is 1. The Kier molecular flexibility index (Phi) is 2.52. The standard InChI is InChI=1S/C10H13NO2/c1-11-7-10(12)13-8-9-5-3-2-4-6-9/h2-6,11H,7-8H2,1H3/i1D3. The summed E-state index contributed by atoms with van der Waals surface area (Å²) in [5.41, 5.74) is 0.865. The first-order chi connectivity index (χ1) is 7.47. The summed E-state index contributed by atoms with van der Waals surface area (Å²) in [5, 5.41) is 2.08. The molecule has 3 nitrogen and oxygen atoms in total. The number of likely N-dealkylation sites (N-methyl/N-ethyl adjacent to an activating group) is 1. The van der Waals surface area contributed by atoms with E-state index in [1.165, 1.54) is 0 Å². The molecule has 0 atom stereocenters. The van der Waals surface area contributed by atoms with Crippen molar-refractivity contribution in [2.45, 2.75) is 6.61 Å². The zero-order chi connectivity index (χ0) is 12.0. The predicted octanol–water partition coefficient (Wildman–Crippen LogP) is 0.949. The Morgan fingerprint density at radius 1 is 1.54 bits per heavy atom. The number of carbonyl (C=O) groups is 1. The van der Waals surface area contributed by atoms with E-state index < -0.39 is 12.9 Å². The largest absolute Gasteiger partial charge is 0.460 e. The molecule has 1 aromatic carbocycles. The molecule has 0 aliphatic rings. The van der Waals surface area contributed by atoms with Crippen LogP contribution in [0.5, 0.6) is 0 Å². The number of benzene rings is 1. The van der Waals surface area contributed by atoms with Crippen LogP contribution in [0.3, 0.4) is 0 Å². The average molecular weight is 182 g/mol. The predicted molar refractivity (Wildman–Crippen MR) is 50.2 cm³/mol. The number of hydrogen-bond donors (Lipinski definition) is 1. The van der Waals surface area contributed by atoms with Crippen LogP contribution in [0.1, 0.15) is 9.68 Å². The topological polar surface area (TPSA) is 38.3 Å². The summed E-state index contributed by atoms with van der Waals surface area (Å²) < 4.78 is 25.4. The van der Waals surface area contributed by atoms with E-state index in [-0.39, 0.29) is 13.2 Å². The third kappa shape index (κ3) is 3.71. The molecular weight excluding hydrogens is 166 g/mol. The molecule has 0 unspecified atom stereocenters. The SMILES string of the molecule is [2H]C([2H])([2H])NCC(=O)OCc1ccccc1. The first kappa shape index (κ1) is 6.16. The lowest BCUT2D eigenvalue weighted by Crippen LogP contribution is -2.20. The minimum absolute atomic E-state index is 0.155. The highest BCUT2D eigenvalue weighted by molar-refractivity contribution is 5.71. The lowest BCUT2D eigenvalue weighted by molar-refractivity contribution is -0.143. The van der Waals surface area contributed by atoms with Crippen LogP contribution < -0.4 is 5.32 Å². The van der Waals surface area contributed by atoms with Crippen LogP contribution in [-0.4, -0.2) is 19.5 Å². The van der Waals surface area contributed by atoms with Gasteiger partial charge in [0.15, 0.2) is 0 Å². The molecule has 0 bridgehead atoms. The third-order valence-corrected chi connectivity index (χ3v) is 1.48. The molecule has 0 aliphatic carbocycles. The van der Waals surface area contributed by atoms with Crippen molar-refractivity contribution in [2.24, 2.45) is 0 Å². The van der Waals surface area contributed by atoms with Crippen LogP contribution >= 0.6 is 0 Å². The molecule has 0 spiro atoms. The van der Waals surface area contributed by atoms with Gasteiger partial charge in [-0.25, -0.2) is 0 Å². The van der Waals surface area contributed by atoms with E-state index in [9.17, 15) is 4.79 Å². The van der Waals surface area contributed by atoms with Crippen molar-refractivity contribution in [2.75, 3.05) is 13.5 Å². The van der Waals surface area contributed by atoms with Gasteiger partial charge in [-0.3, -0.25) is 4.79 Å². The minimum atomic E-state index is -2.31. The maximum absolute atomic E-state index is 11.1. The molecule has 13 heavy (non-hydrogen) atoms. The van der Waals surface area contributed by atoms with E-state index in [1.807, 2.05) is 30.3 Å². The van der Waals surface area contributed by atoms with E-state index in [1.54, 1.807) is 0 Å². The molecular formula is C10H13NO2. The summed E-state index contributed by atoms with van der Waals surface area (Å²) in [6, 6.07) is 9.18. The summed E-state index contributed by atoms with van der Waals surface area (Å²) in [6.07, 6.45) is 0. The highest BCUT2D eigenvalue weighted by Gasteiger charge is 1.99. The van der Waals surface area contributed by atoms with E-state index >= 15 is 0 Å². The van der Waals surface area contributed by atoms with Gasteiger partial charge in [-0.05, 0) is 12.5 Å². The normalized spacial score (nSPS) is 14.0.